The van der Waals surface area contributed by atoms with Crippen LogP contribution in [-0.4, -0.2) is 18.1 Å². The van der Waals surface area contributed by atoms with Gasteiger partial charge < -0.3 is 10.0 Å². The van der Waals surface area contributed by atoms with Crippen LogP contribution in [0.1, 0.15) is 10.4 Å². The number of carbonyl (C=O) groups is 1. The molecule has 1 amide bonds. The van der Waals surface area contributed by atoms with Crippen LogP contribution in [0.2, 0.25) is 5.02 Å². The summed E-state index contributed by atoms with van der Waals surface area (Å²) in [7, 11) is 1.64. The normalized spacial score (nSPS) is 10.3. The number of nitrogens with zero attached hydrogens (tertiary/aromatic N) is 1. The van der Waals surface area contributed by atoms with E-state index in [-0.39, 0.29) is 11.7 Å². The van der Waals surface area contributed by atoms with Crippen LogP contribution in [-0.2, 0) is 0 Å². The quantitative estimate of drug-likeness (QED) is 0.894. The van der Waals surface area contributed by atoms with Crippen LogP contribution in [0.4, 0.5) is 5.69 Å². The van der Waals surface area contributed by atoms with Crippen molar-refractivity contribution in [3.05, 3.63) is 57.5 Å². The van der Waals surface area contributed by atoms with Gasteiger partial charge in [-0.05, 0) is 30.3 Å². The molecule has 2 aromatic rings. The van der Waals surface area contributed by atoms with Crippen molar-refractivity contribution >= 4 is 39.1 Å². The Morgan fingerprint density at radius 3 is 2.63 bits per heavy atom. The number of carbonyl (C=O) groups excluding carboxylic acids is 1. The van der Waals surface area contributed by atoms with Crippen molar-refractivity contribution in [3.63, 3.8) is 0 Å². The maximum Gasteiger partial charge on any atom is 0.258 e. The number of amides is 1. The number of halogens is 2. The van der Waals surface area contributed by atoms with Gasteiger partial charge in [0.1, 0.15) is 5.75 Å². The fourth-order valence-electron chi connectivity index (χ4n) is 1.69. The summed E-state index contributed by atoms with van der Waals surface area (Å²) < 4.78 is 0.743. The van der Waals surface area contributed by atoms with Gasteiger partial charge in [0.25, 0.3) is 5.91 Å². The largest absolute Gasteiger partial charge is 0.508 e. The highest BCUT2D eigenvalue weighted by atomic mass is 79.9. The molecule has 0 heterocycles. The first-order valence-corrected chi connectivity index (χ1v) is 6.67. The molecule has 5 heteroatoms. The monoisotopic (exact) mass is 339 g/mol. The zero-order valence-corrected chi connectivity index (χ0v) is 12.4. The standard InChI is InChI=1S/C14H11BrClNO2/c1-17(12-3-2-4-13(18)8-12)14(19)9-5-10(15)7-11(16)6-9/h2-8,18H,1H3. The lowest BCUT2D eigenvalue weighted by Gasteiger charge is -2.17. The van der Waals surface area contributed by atoms with E-state index in [0.717, 1.165) is 4.47 Å². The number of hydrogen-bond donors (Lipinski definition) is 1. The molecule has 0 atom stereocenters. The van der Waals surface area contributed by atoms with E-state index in [0.29, 0.717) is 16.3 Å². The second kappa shape index (κ2) is 5.63. The Balaban J connectivity index is 2.33. The average Bonchev–Trinajstić information content (AvgIpc) is 2.36. The van der Waals surface area contributed by atoms with Crippen molar-refractivity contribution in [1.29, 1.82) is 0 Å². The maximum atomic E-state index is 12.3. The zero-order chi connectivity index (χ0) is 14.0. The average molecular weight is 341 g/mol. The molecule has 0 fully saturated rings. The lowest BCUT2D eigenvalue weighted by molar-refractivity contribution is 0.0993. The Kier molecular flexibility index (Phi) is 4.12. The number of anilines is 1. The summed E-state index contributed by atoms with van der Waals surface area (Å²) in [5, 5.41) is 9.92. The first kappa shape index (κ1) is 13.9. The van der Waals surface area contributed by atoms with Gasteiger partial charge in [0.2, 0.25) is 0 Å². The molecule has 1 N–H and O–H groups in total. The van der Waals surface area contributed by atoms with Crippen molar-refractivity contribution in [2.75, 3.05) is 11.9 Å². The molecule has 2 rings (SSSR count). The lowest BCUT2D eigenvalue weighted by Crippen LogP contribution is -2.26. The number of aromatic hydroxyl groups is 1. The lowest BCUT2D eigenvalue weighted by atomic mass is 10.2. The second-order valence-corrected chi connectivity index (χ2v) is 5.39. The first-order valence-electron chi connectivity index (χ1n) is 5.50. The van der Waals surface area contributed by atoms with E-state index >= 15 is 0 Å². The van der Waals surface area contributed by atoms with Crippen LogP contribution in [0.3, 0.4) is 0 Å². The summed E-state index contributed by atoms with van der Waals surface area (Å²) in [6, 6.07) is 11.5. The predicted octanol–water partition coefficient (Wildman–Crippen LogP) is 4.08. The molecule has 0 saturated carbocycles. The number of hydrogen-bond acceptors (Lipinski definition) is 2. The fourth-order valence-corrected chi connectivity index (χ4v) is 2.55. The molecular weight excluding hydrogens is 330 g/mol. The summed E-state index contributed by atoms with van der Waals surface area (Å²) in [5.74, 6) is -0.0850. The molecular formula is C14H11BrClNO2. The fraction of sp³-hybridized carbons (Fsp3) is 0.0714. The van der Waals surface area contributed by atoms with Gasteiger partial charge >= 0.3 is 0 Å². The number of phenolic OH excluding ortho intramolecular Hbond substituents is 1. The van der Waals surface area contributed by atoms with E-state index in [9.17, 15) is 9.90 Å². The Morgan fingerprint density at radius 2 is 2.00 bits per heavy atom. The molecule has 0 saturated heterocycles. The van der Waals surface area contributed by atoms with Crippen LogP contribution >= 0.6 is 27.5 Å². The summed E-state index contributed by atoms with van der Waals surface area (Å²) in [6.07, 6.45) is 0. The van der Waals surface area contributed by atoms with Crippen LogP contribution in [0.15, 0.2) is 46.9 Å². The molecule has 3 nitrogen and oxygen atoms in total. The Morgan fingerprint density at radius 1 is 1.26 bits per heavy atom. The Labute approximate surface area is 124 Å². The van der Waals surface area contributed by atoms with Gasteiger partial charge in [-0.25, -0.2) is 0 Å². The SMILES string of the molecule is CN(C(=O)c1cc(Cl)cc(Br)c1)c1cccc(O)c1. The molecule has 0 aromatic heterocycles. The van der Waals surface area contributed by atoms with Crippen LogP contribution in [0.25, 0.3) is 0 Å². The van der Waals surface area contributed by atoms with Crippen molar-refractivity contribution in [1.82, 2.24) is 0 Å². The molecule has 0 spiro atoms. The van der Waals surface area contributed by atoms with Gasteiger partial charge in [-0.2, -0.15) is 0 Å². The topological polar surface area (TPSA) is 40.5 Å². The molecule has 19 heavy (non-hydrogen) atoms. The molecule has 0 unspecified atom stereocenters. The van der Waals surface area contributed by atoms with Crippen molar-refractivity contribution in [3.8, 4) is 5.75 Å². The van der Waals surface area contributed by atoms with Gasteiger partial charge in [0.15, 0.2) is 0 Å². The molecule has 0 radical (unpaired) electrons. The van der Waals surface area contributed by atoms with E-state index in [2.05, 4.69) is 15.9 Å². The highest BCUT2D eigenvalue weighted by Crippen LogP contribution is 2.24. The highest BCUT2D eigenvalue weighted by molar-refractivity contribution is 9.10. The number of phenols is 1. The summed E-state index contributed by atoms with van der Waals surface area (Å²) in [5.41, 5.74) is 1.09. The Bertz CT molecular complexity index is 610. The van der Waals surface area contributed by atoms with E-state index < -0.39 is 0 Å². The minimum Gasteiger partial charge on any atom is -0.508 e. The summed E-state index contributed by atoms with van der Waals surface area (Å²) >= 11 is 9.23. The van der Waals surface area contributed by atoms with E-state index in [4.69, 9.17) is 11.6 Å². The third-order valence-corrected chi connectivity index (χ3v) is 3.31. The molecule has 0 aliphatic carbocycles. The zero-order valence-electron chi connectivity index (χ0n) is 10.1. The molecule has 0 bridgehead atoms. The van der Waals surface area contributed by atoms with Gasteiger partial charge in [-0.15, -0.1) is 0 Å². The minimum atomic E-state index is -0.200. The van der Waals surface area contributed by atoms with Crippen LogP contribution < -0.4 is 4.90 Å². The summed E-state index contributed by atoms with van der Waals surface area (Å²) in [6.45, 7) is 0. The molecule has 98 valence electrons. The molecule has 0 aliphatic rings. The van der Waals surface area contributed by atoms with E-state index in [1.807, 2.05) is 0 Å². The third kappa shape index (κ3) is 3.28. The highest BCUT2D eigenvalue weighted by Gasteiger charge is 2.14. The first-order chi connectivity index (χ1) is 8.97. The number of rotatable bonds is 2. The maximum absolute atomic E-state index is 12.3. The smallest absolute Gasteiger partial charge is 0.258 e. The van der Waals surface area contributed by atoms with Gasteiger partial charge in [0, 0.05) is 33.9 Å². The van der Waals surface area contributed by atoms with E-state index in [1.54, 1.807) is 43.4 Å². The van der Waals surface area contributed by atoms with Gasteiger partial charge in [0.05, 0.1) is 0 Å². The van der Waals surface area contributed by atoms with E-state index in [1.165, 1.54) is 11.0 Å². The van der Waals surface area contributed by atoms with Gasteiger partial charge in [-0.1, -0.05) is 33.6 Å². The minimum absolute atomic E-state index is 0.115. The van der Waals surface area contributed by atoms with Crippen molar-refractivity contribution in [2.24, 2.45) is 0 Å². The van der Waals surface area contributed by atoms with Crippen molar-refractivity contribution in [2.45, 2.75) is 0 Å². The van der Waals surface area contributed by atoms with Crippen LogP contribution in [0, 0.1) is 0 Å². The second-order valence-electron chi connectivity index (χ2n) is 4.04. The molecule has 0 aliphatic heterocycles. The van der Waals surface area contributed by atoms with Crippen molar-refractivity contribution < 1.29 is 9.90 Å². The van der Waals surface area contributed by atoms with Crippen LogP contribution in [0.5, 0.6) is 5.75 Å². The predicted molar refractivity (Wildman–Crippen MR) is 80.0 cm³/mol. The van der Waals surface area contributed by atoms with Gasteiger partial charge in [-0.3, -0.25) is 4.79 Å². The summed E-state index contributed by atoms with van der Waals surface area (Å²) in [4.78, 5) is 13.8. The Hall–Kier alpha value is -1.52. The number of benzene rings is 2. The molecule has 2 aromatic carbocycles. The third-order valence-electron chi connectivity index (χ3n) is 2.63.